The predicted octanol–water partition coefficient (Wildman–Crippen LogP) is 5.55. The van der Waals surface area contributed by atoms with Gasteiger partial charge in [0.05, 0.1) is 12.0 Å². The molecule has 246 valence electrons. The van der Waals surface area contributed by atoms with Crippen LogP contribution in [-0.2, 0) is 27.8 Å². The Morgan fingerprint density at radius 3 is 2.26 bits per heavy atom. The number of carbonyl (C=O) groups is 3. The van der Waals surface area contributed by atoms with Gasteiger partial charge < -0.3 is 20.3 Å². The number of aromatic nitrogens is 4. The van der Waals surface area contributed by atoms with Crippen molar-refractivity contribution in [3.05, 3.63) is 83.4 Å². The van der Waals surface area contributed by atoms with Crippen LogP contribution in [0.4, 0.5) is 0 Å². The largest absolute Gasteiger partial charge is 0.481 e. The van der Waals surface area contributed by atoms with Gasteiger partial charge in [-0.25, -0.2) is 9.97 Å². The molecule has 4 aromatic rings. The molecule has 0 spiro atoms. The van der Waals surface area contributed by atoms with Crippen molar-refractivity contribution in [3.8, 4) is 22.8 Å². The quantitative estimate of drug-likeness (QED) is 0.181. The van der Waals surface area contributed by atoms with Gasteiger partial charge in [-0.1, -0.05) is 94.4 Å². The fraction of sp³-hybridized carbons (Fsp3) is 0.417. The Labute approximate surface area is 274 Å². The summed E-state index contributed by atoms with van der Waals surface area (Å²) >= 11 is 0. The molecular weight excluding hydrogens is 596 g/mol. The molecule has 1 fully saturated rings. The first-order chi connectivity index (χ1) is 22.5. The van der Waals surface area contributed by atoms with Crippen LogP contribution < -0.4 is 10.6 Å². The number of carboxylic acid groups (broad SMARTS) is 1. The maximum Gasteiger partial charge on any atom is 0.305 e. The highest BCUT2D eigenvalue weighted by Crippen LogP contribution is 2.27. The lowest BCUT2D eigenvalue weighted by Crippen LogP contribution is -2.48. The van der Waals surface area contributed by atoms with Crippen molar-refractivity contribution in [2.24, 2.45) is 5.92 Å². The average molecular weight is 639 g/mol. The molecule has 11 nitrogen and oxygen atoms in total. The van der Waals surface area contributed by atoms with Crippen LogP contribution in [0.5, 0.6) is 0 Å². The van der Waals surface area contributed by atoms with Gasteiger partial charge in [0.25, 0.3) is 11.8 Å². The van der Waals surface area contributed by atoms with Gasteiger partial charge in [-0.3, -0.25) is 14.4 Å². The van der Waals surface area contributed by atoms with Crippen LogP contribution in [0.3, 0.4) is 0 Å². The van der Waals surface area contributed by atoms with Gasteiger partial charge in [0.2, 0.25) is 5.91 Å². The molecule has 0 unspecified atom stereocenters. The molecule has 5 rings (SSSR count). The first-order valence-electron chi connectivity index (χ1n) is 16.2. The van der Waals surface area contributed by atoms with Gasteiger partial charge in [0.1, 0.15) is 6.04 Å². The fourth-order valence-electron chi connectivity index (χ4n) is 5.71. The highest BCUT2D eigenvalue weighted by molar-refractivity contribution is 5.97. The standard InChI is InChI=1S/C36H42N6O5/c1-36(2,3)28-15-13-26(14-16-28)33(45)40-29(34(46)37-18-17-31(43)44)19-24-9-11-25(12-10-24)32-38-21-27(22-39-32)35-41-30(42-47-35)20-23-7-5-4-6-8-23/h9-16,21-23,29H,4-8,17-20H2,1-3H3,(H,37,46)(H,40,45)(H,43,44)/t29-/m0/s1. The van der Waals surface area contributed by atoms with E-state index in [0.717, 1.165) is 28.9 Å². The van der Waals surface area contributed by atoms with E-state index >= 15 is 0 Å². The van der Waals surface area contributed by atoms with Gasteiger partial charge in [-0.15, -0.1) is 0 Å². The average Bonchev–Trinajstić information content (AvgIpc) is 3.53. The topological polar surface area (TPSA) is 160 Å². The molecule has 47 heavy (non-hydrogen) atoms. The fourth-order valence-corrected chi connectivity index (χ4v) is 5.71. The molecular formula is C36H42N6O5. The monoisotopic (exact) mass is 638 g/mol. The van der Waals surface area contributed by atoms with E-state index in [9.17, 15) is 14.4 Å². The molecule has 11 heteroatoms. The molecule has 0 radical (unpaired) electrons. The molecule has 3 N–H and O–H groups in total. The molecule has 0 aliphatic heterocycles. The summed E-state index contributed by atoms with van der Waals surface area (Å²) in [6.07, 6.45) is 10.4. The number of rotatable bonds is 12. The van der Waals surface area contributed by atoms with Crippen molar-refractivity contribution < 1.29 is 24.0 Å². The molecule has 1 atom stereocenters. The Morgan fingerprint density at radius 2 is 1.62 bits per heavy atom. The van der Waals surface area contributed by atoms with Crippen molar-refractivity contribution in [2.75, 3.05) is 6.54 Å². The summed E-state index contributed by atoms with van der Waals surface area (Å²) in [5.74, 6) is 0.365. The second-order valence-electron chi connectivity index (χ2n) is 13.2. The Morgan fingerprint density at radius 1 is 0.936 bits per heavy atom. The summed E-state index contributed by atoms with van der Waals surface area (Å²) in [6, 6.07) is 13.8. The van der Waals surface area contributed by atoms with Crippen molar-refractivity contribution in [1.29, 1.82) is 0 Å². The minimum atomic E-state index is -1.02. The van der Waals surface area contributed by atoms with E-state index in [-0.39, 0.29) is 24.8 Å². The Hall–Kier alpha value is -4.93. The number of benzene rings is 2. The van der Waals surface area contributed by atoms with Crippen LogP contribution >= 0.6 is 0 Å². The Bertz CT molecular complexity index is 1650. The van der Waals surface area contributed by atoms with Crippen LogP contribution in [0.15, 0.2) is 65.4 Å². The molecule has 1 saturated carbocycles. The molecule has 2 aromatic carbocycles. The molecule has 2 aromatic heterocycles. The minimum Gasteiger partial charge on any atom is -0.481 e. The van der Waals surface area contributed by atoms with Gasteiger partial charge in [0, 0.05) is 42.9 Å². The summed E-state index contributed by atoms with van der Waals surface area (Å²) in [4.78, 5) is 50.7. The Balaban J connectivity index is 1.24. The maximum atomic E-state index is 13.1. The van der Waals surface area contributed by atoms with E-state index in [4.69, 9.17) is 9.63 Å². The number of amides is 2. The number of nitrogens with one attached hydrogen (secondary N) is 2. The summed E-state index contributed by atoms with van der Waals surface area (Å²) < 4.78 is 5.49. The predicted molar refractivity (Wildman–Crippen MR) is 176 cm³/mol. The van der Waals surface area contributed by atoms with Gasteiger partial charge in [-0.2, -0.15) is 4.98 Å². The van der Waals surface area contributed by atoms with Crippen molar-refractivity contribution in [2.45, 2.75) is 83.6 Å². The molecule has 0 bridgehead atoms. The van der Waals surface area contributed by atoms with E-state index in [2.05, 4.69) is 51.5 Å². The third-order valence-corrected chi connectivity index (χ3v) is 8.49. The van der Waals surface area contributed by atoms with E-state index in [0.29, 0.717) is 28.8 Å². The van der Waals surface area contributed by atoms with Gasteiger partial charge in [-0.05, 0) is 34.6 Å². The van der Waals surface area contributed by atoms with Crippen molar-refractivity contribution >= 4 is 17.8 Å². The van der Waals surface area contributed by atoms with Gasteiger partial charge in [0.15, 0.2) is 11.6 Å². The highest BCUT2D eigenvalue weighted by Gasteiger charge is 2.23. The van der Waals surface area contributed by atoms with Gasteiger partial charge >= 0.3 is 5.97 Å². The summed E-state index contributed by atoms with van der Waals surface area (Å²) in [5.41, 5.74) is 3.67. The lowest BCUT2D eigenvalue weighted by atomic mass is 9.86. The normalized spacial score (nSPS) is 14.4. The van der Waals surface area contributed by atoms with Crippen LogP contribution in [0.2, 0.25) is 0 Å². The summed E-state index contributed by atoms with van der Waals surface area (Å²) in [7, 11) is 0. The number of nitrogens with zero attached hydrogens (tertiary/aromatic N) is 4. The summed E-state index contributed by atoms with van der Waals surface area (Å²) in [5, 5.41) is 18.6. The zero-order valence-corrected chi connectivity index (χ0v) is 27.2. The van der Waals surface area contributed by atoms with E-state index in [1.807, 2.05) is 36.4 Å². The van der Waals surface area contributed by atoms with E-state index in [1.54, 1.807) is 24.5 Å². The lowest BCUT2D eigenvalue weighted by Gasteiger charge is -2.20. The maximum absolute atomic E-state index is 13.1. The van der Waals surface area contributed by atoms with Crippen molar-refractivity contribution in [1.82, 2.24) is 30.7 Å². The first kappa shape index (κ1) is 33.4. The zero-order chi connectivity index (χ0) is 33.4. The lowest BCUT2D eigenvalue weighted by molar-refractivity contribution is -0.137. The number of hydrogen-bond acceptors (Lipinski definition) is 8. The second kappa shape index (κ2) is 15.1. The van der Waals surface area contributed by atoms with Crippen LogP contribution in [0.1, 0.15) is 86.6 Å². The first-order valence-corrected chi connectivity index (χ1v) is 16.2. The van der Waals surface area contributed by atoms with E-state index in [1.165, 1.54) is 32.1 Å². The summed E-state index contributed by atoms with van der Waals surface area (Å²) in [6.45, 7) is 6.23. The number of carbonyl (C=O) groups excluding carboxylic acids is 2. The highest BCUT2D eigenvalue weighted by atomic mass is 16.5. The SMILES string of the molecule is CC(C)(C)c1ccc(C(=O)N[C@@H](Cc2ccc(-c3ncc(-c4nc(CC5CCCCC5)no4)cn3)cc2)C(=O)NCCC(=O)O)cc1. The number of hydrogen-bond donors (Lipinski definition) is 3. The third kappa shape index (κ3) is 9.31. The van der Waals surface area contributed by atoms with Crippen LogP contribution in [0.25, 0.3) is 22.8 Å². The molecule has 1 aliphatic rings. The van der Waals surface area contributed by atoms with Crippen LogP contribution in [-0.4, -0.2) is 55.6 Å². The molecule has 1 aliphatic carbocycles. The van der Waals surface area contributed by atoms with Crippen LogP contribution in [0, 0.1) is 5.92 Å². The number of aliphatic carboxylic acids is 1. The minimum absolute atomic E-state index is 0.0431. The smallest absolute Gasteiger partial charge is 0.305 e. The Kier molecular flexibility index (Phi) is 10.7. The molecule has 2 heterocycles. The third-order valence-electron chi connectivity index (χ3n) is 8.49. The second-order valence-corrected chi connectivity index (χ2v) is 13.2. The number of carboxylic acids is 1. The van der Waals surface area contributed by atoms with E-state index < -0.39 is 23.8 Å². The molecule has 2 amide bonds. The van der Waals surface area contributed by atoms with Crippen molar-refractivity contribution in [3.63, 3.8) is 0 Å². The zero-order valence-electron chi connectivity index (χ0n) is 27.2. The molecule has 0 saturated heterocycles.